The van der Waals surface area contributed by atoms with Gasteiger partial charge < -0.3 is 9.99 Å². The Bertz CT molecular complexity index is 1080. The van der Waals surface area contributed by atoms with Crippen LogP contribution in [0.1, 0.15) is 17.1 Å². The third-order valence-electron chi connectivity index (χ3n) is 3.90. The van der Waals surface area contributed by atoms with Crippen LogP contribution in [-0.2, 0) is 20.8 Å². The van der Waals surface area contributed by atoms with Crippen molar-refractivity contribution in [3.8, 4) is 0 Å². The highest BCUT2D eigenvalue weighted by Crippen LogP contribution is 2.31. The van der Waals surface area contributed by atoms with Crippen molar-refractivity contribution in [1.82, 2.24) is 20.4 Å². The normalized spacial score (nSPS) is 18.1. The summed E-state index contributed by atoms with van der Waals surface area (Å²) in [5.41, 5.74) is 1.87. The zero-order chi connectivity index (χ0) is 20.7. The number of nitrogens with zero attached hydrogens (tertiary/aromatic N) is 2. The van der Waals surface area contributed by atoms with Gasteiger partial charge in [0.15, 0.2) is 0 Å². The highest BCUT2D eigenvalue weighted by atomic mass is 32.2. The molecule has 1 aliphatic rings. The van der Waals surface area contributed by atoms with Gasteiger partial charge in [-0.15, -0.1) is 11.3 Å². The van der Waals surface area contributed by atoms with E-state index in [4.69, 9.17) is 0 Å². The second-order valence-corrected chi connectivity index (χ2v) is 9.18. The Morgan fingerprint density at radius 1 is 1.39 bits per heavy atom. The quantitative estimate of drug-likeness (QED) is 0.663. The fourth-order valence-corrected chi connectivity index (χ4v) is 4.07. The molecule has 2 aromatic rings. The molecule has 3 heterocycles. The summed E-state index contributed by atoms with van der Waals surface area (Å²) in [6, 6.07) is -0.279. The third kappa shape index (κ3) is 4.90. The first-order valence-electron chi connectivity index (χ1n) is 8.06. The number of nitrogens with one attached hydrogen (secondary N) is 2. The minimum atomic E-state index is -4.58. The van der Waals surface area contributed by atoms with Crippen LogP contribution in [0.2, 0.25) is 0 Å². The number of fused-ring (bicyclic) bond motifs is 1. The monoisotopic (exact) mass is 438 g/mol. The molecule has 0 aliphatic carbocycles. The minimum Gasteiger partial charge on any atom is -0.308 e. The molecular formula is C15H17F3N4O4S2. The molecule has 0 saturated carbocycles. The van der Waals surface area contributed by atoms with Gasteiger partial charge in [0.1, 0.15) is 16.7 Å². The number of hydrogen-bond donors (Lipinski definition) is 2. The van der Waals surface area contributed by atoms with Crippen LogP contribution in [0, 0.1) is 6.92 Å². The van der Waals surface area contributed by atoms with Gasteiger partial charge >= 0.3 is 6.18 Å². The molecule has 0 saturated heterocycles. The van der Waals surface area contributed by atoms with E-state index in [-0.39, 0.29) is 29.9 Å². The highest BCUT2D eigenvalue weighted by Gasteiger charge is 2.45. The highest BCUT2D eigenvalue weighted by molar-refractivity contribution is 7.85. The fraction of sp³-hybridized carbons (Fsp3) is 0.467. The van der Waals surface area contributed by atoms with Crippen LogP contribution in [0.15, 0.2) is 22.6 Å². The summed E-state index contributed by atoms with van der Waals surface area (Å²) in [7, 11) is -3.75. The second-order valence-electron chi connectivity index (χ2n) is 6.30. The van der Waals surface area contributed by atoms with Crippen molar-refractivity contribution in [2.45, 2.75) is 32.1 Å². The fourth-order valence-electron chi connectivity index (χ4n) is 2.79. The van der Waals surface area contributed by atoms with Crippen LogP contribution in [0.4, 0.5) is 13.2 Å². The molecule has 28 heavy (non-hydrogen) atoms. The number of H-pyrrole nitrogens is 1. The third-order valence-corrected chi connectivity index (χ3v) is 5.44. The van der Waals surface area contributed by atoms with E-state index in [0.717, 1.165) is 11.1 Å². The molecule has 0 spiro atoms. The molecule has 1 aliphatic heterocycles. The van der Waals surface area contributed by atoms with Crippen molar-refractivity contribution in [1.29, 1.82) is 0 Å². The number of rotatable bonds is 6. The van der Waals surface area contributed by atoms with Gasteiger partial charge in [-0.1, -0.05) is 0 Å². The standard InChI is InChI=1S/C15H17F3N4O4S2/c1-8-5-10-13(23)19-11(20-14(10)27-8)7-22-6-9(3-4-26-28(2,24)25)12(21-22)15(16,17)18/h5-6,12,21H,3-4,7H2,1-2H3,(H,19,20,23). The SMILES string of the molecule is Cc1cc2c(=O)[nH]c(CN3C=C(CCOS(C)(=O)=O)C(C(F)(F)F)N3)nc2s1. The van der Waals surface area contributed by atoms with Gasteiger partial charge in [-0.25, -0.2) is 10.4 Å². The second kappa shape index (κ2) is 7.46. The van der Waals surface area contributed by atoms with Crippen LogP contribution in [0.25, 0.3) is 10.2 Å². The van der Waals surface area contributed by atoms with E-state index in [1.807, 2.05) is 6.92 Å². The number of hydrazine groups is 1. The molecular weight excluding hydrogens is 421 g/mol. The summed E-state index contributed by atoms with van der Waals surface area (Å²) in [5.74, 6) is 0.206. The van der Waals surface area contributed by atoms with E-state index < -0.39 is 28.9 Å². The lowest BCUT2D eigenvalue weighted by Crippen LogP contribution is -2.45. The van der Waals surface area contributed by atoms with Gasteiger partial charge in [-0.2, -0.15) is 21.6 Å². The van der Waals surface area contributed by atoms with Crippen LogP contribution >= 0.6 is 11.3 Å². The average molecular weight is 438 g/mol. The van der Waals surface area contributed by atoms with Gasteiger partial charge in [-0.05, 0) is 25.0 Å². The first-order valence-corrected chi connectivity index (χ1v) is 10.7. The number of halogens is 3. The first-order chi connectivity index (χ1) is 12.9. The predicted molar refractivity (Wildman–Crippen MR) is 97.0 cm³/mol. The van der Waals surface area contributed by atoms with Crippen LogP contribution < -0.4 is 11.0 Å². The maximum Gasteiger partial charge on any atom is 0.409 e. The summed E-state index contributed by atoms with van der Waals surface area (Å²) in [5, 5.41) is 1.60. The maximum absolute atomic E-state index is 13.3. The van der Waals surface area contributed by atoms with E-state index in [9.17, 15) is 26.4 Å². The van der Waals surface area contributed by atoms with E-state index in [1.165, 1.54) is 22.5 Å². The molecule has 0 radical (unpaired) electrons. The molecule has 3 rings (SSSR count). The predicted octanol–water partition coefficient (Wildman–Crippen LogP) is 1.79. The zero-order valence-corrected chi connectivity index (χ0v) is 16.5. The average Bonchev–Trinajstić information content (AvgIpc) is 3.09. The Hall–Kier alpha value is -1.96. The van der Waals surface area contributed by atoms with Crippen LogP contribution in [0.3, 0.4) is 0 Å². The largest absolute Gasteiger partial charge is 0.409 e. The van der Waals surface area contributed by atoms with Gasteiger partial charge in [-0.3, -0.25) is 8.98 Å². The van der Waals surface area contributed by atoms with Crippen LogP contribution in [-0.4, -0.2) is 48.5 Å². The van der Waals surface area contributed by atoms with Gasteiger partial charge in [0.05, 0.1) is 24.8 Å². The Balaban J connectivity index is 1.79. The zero-order valence-electron chi connectivity index (χ0n) is 14.8. The molecule has 1 atom stereocenters. The van der Waals surface area contributed by atoms with E-state index >= 15 is 0 Å². The molecule has 8 nitrogen and oxygen atoms in total. The Morgan fingerprint density at radius 3 is 2.75 bits per heavy atom. The van der Waals surface area contributed by atoms with Gasteiger partial charge in [0.2, 0.25) is 0 Å². The number of thiophene rings is 1. The summed E-state index contributed by atoms with van der Waals surface area (Å²) in [6.07, 6.45) is -2.75. The van der Waals surface area contributed by atoms with Crippen molar-refractivity contribution in [2.75, 3.05) is 12.9 Å². The summed E-state index contributed by atoms with van der Waals surface area (Å²) < 4.78 is 66.4. The molecule has 2 aromatic heterocycles. The number of alkyl halides is 3. The van der Waals surface area contributed by atoms with Crippen molar-refractivity contribution in [2.24, 2.45) is 0 Å². The first kappa shape index (κ1) is 20.8. The molecule has 0 amide bonds. The molecule has 0 bridgehead atoms. The van der Waals surface area contributed by atoms with Gasteiger partial charge in [0.25, 0.3) is 15.7 Å². The molecule has 1 unspecified atom stereocenters. The molecule has 2 N–H and O–H groups in total. The van der Waals surface area contributed by atoms with Crippen molar-refractivity contribution in [3.63, 3.8) is 0 Å². The maximum atomic E-state index is 13.3. The molecule has 0 aromatic carbocycles. The van der Waals surface area contributed by atoms with E-state index in [1.54, 1.807) is 6.07 Å². The smallest absolute Gasteiger partial charge is 0.308 e. The van der Waals surface area contributed by atoms with Crippen molar-refractivity contribution < 1.29 is 25.8 Å². The number of aromatic nitrogens is 2. The summed E-state index contributed by atoms with van der Waals surface area (Å²) in [4.78, 5) is 20.4. The Morgan fingerprint density at radius 2 is 2.11 bits per heavy atom. The lowest BCUT2D eigenvalue weighted by Gasteiger charge is -2.22. The lowest BCUT2D eigenvalue weighted by molar-refractivity contribution is -0.152. The van der Waals surface area contributed by atoms with E-state index in [2.05, 4.69) is 19.6 Å². The number of hydrogen-bond acceptors (Lipinski definition) is 8. The van der Waals surface area contributed by atoms with Crippen molar-refractivity contribution in [3.05, 3.63) is 38.9 Å². The van der Waals surface area contributed by atoms with Crippen molar-refractivity contribution >= 4 is 31.7 Å². The molecule has 154 valence electrons. The minimum absolute atomic E-state index is 0.0773. The molecule has 13 heteroatoms. The number of aryl methyl sites for hydroxylation is 1. The Kier molecular flexibility index (Phi) is 5.53. The number of aromatic amines is 1. The van der Waals surface area contributed by atoms with Gasteiger partial charge in [0, 0.05) is 11.1 Å². The summed E-state index contributed by atoms with van der Waals surface area (Å²) >= 11 is 1.32. The summed E-state index contributed by atoms with van der Waals surface area (Å²) in [6.45, 7) is 1.32. The Labute approximate surface area is 162 Å². The lowest BCUT2D eigenvalue weighted by atomic mass is 10.1. The van der Waals surface area contributed by atoms with Crippen LogP contribution in [0.5, 0.6) is 0 Å². The molecule has 0 fully saturated rings. The van der Waals surface area contributed by atoms with E-state index in [0.29, 0.717) is 10.2 Å². The topological polar surface area (TPSA) is 104 Å².